The third kappa shape index (κ3) is 6.25. The SMILES string of the molecule is O=C(O)C(=O)O.O=C(c1cn(C(=O)OCc2ccccc2)c2ccccc12)[C@@H]1CSC(c2cccnc2)N1. The normalized spacial score (nSPS) is 16.3. The zero-order chi connectivity index (χ0) is 27.1. The number of nitrogens with zero attached hydrogens (tertiary/aromatic N) is 2. The lowest BCUT2D eigenvalue weighted by molar-refractivity contribution is -0.159. The Balaban J connectivity index is 0.000000505. The number of fused-ring (bicyclic) bond motifs is 1. The lowest BCUT2D eigenvalue weighted by atomic mass is 10.0. The van der Waals surface area contributed by atoms with E-state index >= 15 is 0 Å². The Labute approximate surface area is 221 Å². The summed E-state index contributed by atoms with van der Waals surface area (Å²) >= 11 is 1.68. The van der Waals surface area contributed by atoms with E-state index in [0.717, 1.165) is 16.5 Å². The minimum absolute atomic E-state index is 0.0156. The molecule has 38 heavy (non-hydrogen) atoms. The highest BCUT2D eigenvalue weighted by molar-refractivity contribution is 7.99. The molecule has 0 radical (unpaired) electrons. The number of carboxylic acid groups (broad SMARTS) is 2. The molecule has 1 fully saturated rings. The van der Waals surface area contributed by atoms with Gasteiger partial charge in [0, 0.05) is 35.3 Å². The number of carboxylic acids is 2. The smallest absolute Gasteiger partial charge is 0.418 e. The molecule has 194 valence electrons. The van der Waals surface area contributed by atoms with Gasteiger partial charge in [0.15, 0.2) is 5.78 Å². The number of aromatic nitrogens is 2. The third-order valence-corrected chi connectivity index (χ3v) is 6.92. The number of rotatable bonds is 5. The van der Waals surface area contributed by atoms with Crippen molar-refractivity contribution < 1.29 is 34.1 Å². The first kappa shape index (κ1) is 26.6. The van der Waals surface area contributed by atoms with Crippen LogP contribution >= 0.6 is 11.8 Å². The summed E-state index contributed by atoms with van der Waals surface area (Å²) in [6.45, 7) is 0.170. The van der Waals surface area contributed by atoms with Gasteiger partial charge in [0.25, 0.3) is 0 Å². The fraction of sp³-hybridized carbons (Fsp3) is 0.148. The highest BCUT2D eigenvalue weighted by atomic mass is 32.2. The Kier molecular flexibility index (Phi) is 8.51. The Morgan fingerprint density at radius 2 is 1.68 bits per heavy atom. The van der Waals surface area contributed by atoms with E-state index in [-0.39, 0.29) is 23.8 Å². The number of pyridine rings is 1. The molecule has 1 aliphatic heterocycles. The Bertz CT molecular complexity index is 1450. The molecule has 2 atom stereocenters. The van der Waals surface area contributed by atoms with Gasteiger partial charge in [-0.2, -0.15) is 0 Å². The quantitative estimate of drug-likeness (QED) is 0.254. The molecule has 1 saturated heterocycles. The number of carbonyl (C=O) groups is 4. The van der Waals surface area contributed by atoms with Crippen molar-refractivity contribution in [3.8, 4) is 0 Å². The molecule has 11 heteroatoms. The molecule has 3 heterocycles. The average Bonchev–Trinajstić information content (AvgIpc) is 3.59. The van der Waals surface area contributed by atoms with Gasteiger partial charge in [-0.1, -0.05) is 54.6 Å². The van der Waals surface area contributed by atoms with Gasteiger partial charge in [0.2, 0.25) is 0 Å². The Hall–Kier alpha value is -4.48. The predicted octanol–water partition coefficient (Wildman–Crippen LogP) is 3.96. The van der Waals surface area contributed by atoms with E-state index in [0.29, 0.717) is 16.8 Å². The van der Waals surface area contributed by atoms with Crippen molar-refractivity contribution in [3.63, 3.8) is 0 Å². The van der Waals surface area contributed by atoms with Gasteiger partial charge in [-0.25, -0.2) is 14.4 Å². The molecule has 1 aliphatic rings. The highest BCUT2D eigenvalue weighted by Gasteiger charge is 2.33. The standard InChI is InChI=1S/C25H21N3O3S.C2H2O4/c29-23(21-16-32-24(27-21)18-9-6-12-26-13-18)20-14-28(22-11-5-4-10-19(20)22)25(30)31-15-17-7-2-1-3-8-17;3-1(4)2(5)6/h1-14,21,24,27H,15-16H2;(H,3,4)(H,5,6)/t21-,24?;/m0./s1. The zero-order valence-electron chi connectivity index (χ0n) is 19.9. The molecule has 3 N–H and O–H groups in total. The number of aliphatic carboxylic acids is 2. The number of carbonyl (C=O) groups excluding carboxylic acids is 2. The van der Waals surface area contributed by atoms with Crippen LogP contribution in [-0.2, 0) is 20.9 Å². The van der Waals surface area contributed by atoms with Crippen molar-refractivity contribution >= 4 is 46.5 Å². The average molecular weight is 534 g/mol. The van der Waals surface area contributed by atoms with Crippen LogP contribution in [0.5, 0.6) is 0 Å². The summed E-state index contributed by atoms with van der Waals surface area (Å²) in [7, 11) is 0. The second-order valence-corrected chi connectivity index (χ2v) is 9.30. The van der Waals surface area contributed by atoms with E-state index in [1.54, 1.807) is 24.2 Å². The lowest BCUT2D eigenvalue weighted by Gasteiger charge is -2.12. The topological polar surface area (TPSA) is 148 Å². The van der Waals surface area contributed by atoms with E-state index in [1.807, 2.05) is 72.9 Å². The first-order valence-corrected chi connectivity index (χ1v) is 12.5. The summed E-state index contributed by atoms with van der Waals surface area (Å²) in [5.41, 5.74) is 3.12. The molecular weight excluding hydrogens is 510 g/mol. The van der Waals surface area contributed by atoms with E-state index in [2.05, 4.69) is 10.3 Å². The molecule has 1 unspecified atom stereocenters. The second kappa shape index (κ2) is 12.2. The molecule has 2 aromatic heterocycles. The number of hydrogen-bond donors (Lipinski definition) is 3. The fourth-order valence-corrected chi connectivity index (χ4v) is 5.07. The summed E-state index contributed by atoms with van der Waals surface area (Å²) in [4.78, 5) is 48.6. The summed E-state index contributed by atoms with van der Waals surface area (Å²) in [6, 6.07) is 20.5. The molecule has 0 amide bonds. The number of nitrogens with one attached hydrogen (secondary N) is 1. The van der Waals surface area contributed by atoms with Crippen LogP contribution in [0.1, 0.15) is 26.9 Å². The minimum Gasteiger partial charge on any atom is -0.473 e. The molecular formula is C27H23N3O7S. The molecule has 0 saturated carbocycles. The monoisotopic (exact) mass is 533 g/mol. The van der Waals surface area contributed by atoms with Crippen LogP contribution < -0.4 is 5.32 Å². The van der Waals surface area contributed by atoms with E-state index in [4.69, 9.17) is 24.5 Å². The van der Waals surface area contributed by atoms with Crippen molar-refractivity contribution in [2.45, 2.75) is 18.0 Å². The Morgan fingerprint density at radius 3 is 2.37 bits per heavy atom. The summed E-state index contributed by atoms with van der Waals surface area (Å²) in [5, 5.41) is 18.9. The van der Waals surface area contributed by atoms with Crippen molar-refractivity contribution in [1.82, 2.24) is 14.9 Å². The van der Waals surface area contributed by atoms with Crippen LogP contribution in [0.15, 0.2) is 85.3 Å². The van der Waals surface area contributed by atoms with Gasteiger partial charge < -0.3 is 14.9 Å². The van der Waals surface area contributed by atoms with Gasteiger partial charge in [-0.3, -0.25) is 19.7 Å². The molecule has 0 spiro atoms. The minimum atomic E-state index is -1.82. The van der Waals surface area contributed by atoms with Gasteiger partial charge in [0.1, 0.15) is 6.61 Å². The van der Waals surface area contributed by atoms with Crippen LogP contribution in [0.25, 0.3) is 10.9 Å². The second-order valence-electron chi connectivity index (χ2n) is 8.16. The van der Waals surface area contributed by atoms with Crippen molar-refractivity contribution in [3.05, 3.63) is 102 Å². The van der Waals surface area contributed by atoms with Gasteiger partial charge in [-0.05, 0) is 23.3 Å². The van der Waals surface area contributed by atoms with Crippen molar-refractivity contribution in [2.24, 2.45) is 0 Å². The zero-order valence-corrected chi connectivity index (χ0v) is 20.7. The molecule has 5 rings (SSSR count). The van der Waals surface area contributed by atoms with Crippen molar-refractivity contribution in [2.75, 3.05) is 5.75 Å². The maximum Gasteiger partial charge on any atom is 0.418 e. The van der Waals surface area contributed by atoms with Crippen molar-refractivity contribution in [1.29, 1.82) is 0 Å². The molecule has 0 aliphatic carbocycles. The van der Waals surface area contributed by atoms with E-state index in [9.17, 15) is 9.59 Å². The van der Waals surface area contributed by atoms with Crippen LogP contribution in [0, 0.1) is 0 Å². The summed E-state index contributed by atoms with van der Waals surface area (Å²) in [6.07, 6.45) is 4.64. The van der Waals surface area contributed by atoms with E-state index < -0.39 is 18.0 Å². The van der Waals surface area contributed by atoms with E-state index in [1.165, 1.54) is 4.57 Å². The maximum absolute atomic E-state index is 13.4. The van der Waals surface area contributed by atoms with Gasteiger partial charge in [-0.15, -0.1) is 11.8 Å². The van der Waals surface area contributed by atoms with Crippen LogP contribution in [0.4, 0.5) is 4.79 Å². The molecule has 10 nitrogen and oxygen atoms in total. The van der Waals surface area contributed by atoms with Gasteiger partial charge >= 0.3 is 18.0 Å². The summed E-state index contributed by atoms with van der Waals surface area (Å²) in [5.74, 6) is -3.03. The third-order valence-electron chi connectivity index (χ3n) is 5.65. The number of benzene rings is 2. The Morgan fingerprint density at radius 1 is 0.974 bits per heavy atom. The van der Waals surface area contributed by atoms with Gasteiger partial charge in [0.05, 0.1) is 16.9 Å². The number of ketones is 1. The summed E-state index contributed by atoms with van der Waals surface area (Å²) < 4.78 is 6.92. The number of thioether (sulfide) groups is 1. The molecule has 4 aromatic rings. The highest BCUT2D eigenvalue weighted by Crippen LogP contribution is 2.34. The number of para-hydroxylation sites is 1. The molecule has 2 aromatic carbocycles. The maximum atomic E-state index is 13.4. The lowest BCUT2D eigenvalue weighted by Crippen LogP contribution is -2.34. The number of hydrogen-bond acceptors (Lipinski definition) is 8. The number of Topliss-reactive ketones (excluding diaryl/α,β-unsaturated/α-hetero) is 1. The van der Waals surface area contributed by atoms with Crippen LogP contribution in [0.3, 0.4) is 0 Å². The largest absolute Gasteiger partial charge is 0.473 e. The first-order valence-electron chi connectivity index (χ1n) is 11.4. The first-order chi connectivity index (χ1) is 18.3. The van der Waals surface area contributed by atoms with Crippen LogP contribution in [0.2, 0.25) is 0 Å². The van der Waals surface area contributed by atoms with Crippen LogP contribution in [-0.4, -0.2) is 55.4 Å². The molecule has 0 bridgehead atoms. The number of ether oxygens (including phenoxy) is 1. The fourth-order valence-electron chi connectivity index (χ4n) is 3.85. The predicted molar refractivity (Wildman–Crippen MR) is 140 cm³/mol.